The number of anilines is 1. The van der Waals surface area contributed by atoms with Crippen molar-refractivity contribution in [2.45, 2.75) is 64.8 Å². The summed E-state index contributed by atoms with van der Waals surface area (Å²) in [6.45, 7) is 9.60. The summed E-state index contributed by atoms with van der Waals surface area (Å²) in [5.74, 6) is -1.18. The molecule has 4 N–H and O–H groups in total. The number of benzene rings is 3. The molecule has 3 aromatic rings. The van der Waals surface area contributed by atoms with E-state index in [1.807, 2.05) is 36.4 Å². The Morgan fingerprint density at radius 2 is 1.51 bits per heavy atom. The Kier molecular flexibility index (Phi) is 8.86. The predicted molar refractivity (Wildman–Crippen MR) is 150 cm³/mol. The monoisotopic (exact) mass is 535 g/mol. The van der Waals surface area contributed by atoms with Crippen LogP contribution in [0, 0.1) is 0 Å². The van der Waals surface area contributed by atoms with Crippen LogP contribution < -0.4 is 10.6 Å². The number of hydrogen-bond acceptors (Lipinski definition) is 6. The molecule has 0 fully saturated rings. The Morgan fingerprint density at radius 1 is 0.897 bits per heavy atom. The summed E-state index contributed by atoms with van der Waals surface area (Å²) in [7, 11) is 0. The topological polar surface area (TPSA) is 128 Å². The third-order valence-electron chi connectivity index (χ3n) is 5.86. The van der Waals surface area contributed by atoms with Crippen LogP contribution in [0.1, 0.15) is 53.1 Å². The van der Waals surface area contributed by atoms with Gasteiger partial charge in [-0.2, -0.15) is 0 Å². The fourth-order valence-electron chi connectivity index (χ4n) is 4.20. The fraction of sp³-hybridized carbons (Fsp3) is 0.367. The van der Waals surface area contributed by atoms with Gasteiger partial charge in [0.05, 0.1) is 6.61 Å². The van der Waals surface area contributed by atoms with E-state index in [1.54, 1.807) is 59.7 Å². The lowest BCUT2D eigenvalue weighted by Gasteiger charge is -2.42. The first-order valence-corrected chi connectivity index (χ1v) is 12.7. The van der Waals surface area contributed by atoms with Crippen LogP contribution in [-0.2, 0) is 14.3 Å². The number of carbonyl (C=O) groups excluding carboxylic acids is 3. The molecule has 2 unspecified atom stereocenters. The summed E-state index contributed by atoms with van der Waals surface area (Å²) < 4.78 is 5.27. The van der Waals surface area contributed by atoms with Crippen molar-refractivity contribution >= 4 is 34.4 Å². The molecule has 0 aliphatic carbocycles. The van der Waals surface area contributed by atoms with Crippen molar-refractivity contribution in [3.05, 3.63) is 72.3 Å². The third-order valence-corrected chi connectivity index (χ3v) is 5.86. The van der Waals surface area contributed by atoms with Gasteiger partial charge in [0.2, 0.25) is 5.91 Å². The molecule has 0 spiro atoms. The summed E-state index contributed by atoms with van der Waals surface area (Å²) in [4.78, 5) is 41.6. The van der Waals surface area contributed by atoms with Crippen LogP contribution in [0.2, 0.25) is 0 Å². The van der Waals surface area contributed by atoms with Crippen molar-refractivity contribution in [1.82, 2.24) is 10.2 Å². The zero-order chi connectivity index (χ0) is 29.0. The molecule has 0 saturated heterocycles. The van der Waals surface area contributed by atoms with E-state index in [2.05, 4.69) is 10.6 Å². The maximum Gasteiger partial charge on any atom is 0.408 e. The SMILES string of the molecule is CC(C)(C)OC(=O)NC(CO)C(=O)N(C(C(=O)Nc1ccc2ccccc2c1)c1ccc(O)cc1)C(C)(C)C. The van der Waals surface area contributed by atoms with E-state index in [0.717, 1.165) is 10.8 Å². The van der Waals surface area contributed by atoms with Crippen LogP contribution in [-0.4, -0.2) is 56.8 Å². The standard InChI is InChI=1S/C30H37N3O6/c1-29(2,3)33(27(37)24(18-34)32-28(38)39-30(4,5)6)25(20-12-15-23(35)16-13-20)26(36)31-22-14-11-19-9-7-8-10-21(19)17-22/h7-17,24-25,34-35H,18H2,1-6H3,(H,31,36)(H,32,38). The number of aromatic hydroxyl groups is 1. The van der Waals surface area contributed by atoms with Crippen molar-refractivity contribution in [3.63, 3.8) is 0 Å². The Morgan fingerprint density at radius 3 is 2.08 bits per heavy atom. The normalized spacial score (nSPS) is 13.3. The molecule has 39 heavy (non-hydrogen) atoms. The average Bonchev–Trinajstić information content (AvgIpc) is 2.84. The van der Waals surface area contributed by atoms with Crippen LogP contribution in [0.15, 0.2) is 66.7 Å². The van der Waals surface area contributed by atoms with Crippen LogP contribution in [0.25, 0.3) is 10.8 Å². The van der Waals surface area contributed by atoms with E-state index in [4.69, 9.17) is 4.74 Å². The molecular formula is C30H37N3O6. The van der Waals surface area contributed by atoms with Crippen LogP contribution in [0.4, 0.5) is 10.5 Å². The van der Waals surface area contributed by atoms with Crippen molar-refractivity contribution in [3.8, 4) is 5.75 Å². The molecule has 0 bridgehead atoms. The molecule has 0 aliphatic rings. The number of phenolic OH excluding ortho intramolecular Hbond substituents is 1. The number of aliphatic hydroxyl groups excluding tert-OH is 1. The van der Waals surface area contributed by atoms with Crippen molar-refractivity contribution in [1.29, 1.82) is 0 Å². The number of carbonyl (C=O) groups is 3. The van der Waals surface area contributed by atoms with E-state index in [0.29, 0.717) is 11.3 Å². The van der Waals surface area contributed by atoms with Gasteiger partial charge < -0.3 is 30.5 Å². The highest BCUT2D eigenvalue weighted by molar-refractivity contribution is 6.00. The first kappa shape index (κ1) is 29.4. The van der Waals surface area contributed by atoms with Gasteiger partial charge in [0, 0.05) is 11.2 Å². The summed E-state index contributed by atoms with van der Waals surface area (Å²) in [5, 5.41) is 27.2. The van der Waals surface area contributed by atoms with Gasteiger partial charge in [0.1, 0.15) is 23.4 Å². The Hall–Kier alpha value is -4.11. The van der Waals surface area contributed by atoms with Gasteiger partial charge >= 0.3 is 6.09 Å². The van der Waals surface area contributed by atoms with Gasteiger partial charge in [-0.3, -0.25) is 9.59 Å². The number of hydrogen-bond donors (Lipinski definition) is 4. The van der Waals surface area contributed by atoms with E-state index in [9.17, 15) is 24.6 Å². The van der Waals surface area contributed by atoms with Crippen LogP contribution in [0.3, 0.4) is 0 Å². The number of phenols is 1. The van der Waals surface area contributed by atoms with E-state index in [-0.39, 0.29) is 5.75 Å². The van der Waals surface area contributed by atoms with Crippen LogP contribution in [0.5, 0.6) is 5.75 Å². The number of rotatable bonds is 7. The number of aliphatic hydroxyl groups is 1. The van der Waals surface area contributed by atoms with Gasteiger partial charge in [-0.05, 0) is 82.1 Å². The predicted octanol–water partition coefficient (Wildman–Crippen LogP) is 4.74. The average molecular weight is 536 g/mol. The molecule has 3 aromatic carbocycles. The van der Waals surface area contributed by atoms with Crippen molar-refractivity contribution in [2.24, 2.45) is 0 Å². The smallest absolute Gasteiger partial charge is 0.408 e. The number of nitrogens with one attached hydrogen (secondary N) is 2. The molecule has 3 amide bonds. The van der Waals surface area contributed by atoms with Crippen molar-refractivity contribution in [2.75, 3.05) is 11.9 Å². The van der Waals surface area contributed by atoms with E-state index < -0.39 is 47.7 Å². The lowest BCUT2D eigenvalue weighted by Crippen LogP contribution is -2.59. The molecule has 0 heterocycles. The lowest BCUT2D eigenvalue weighted by molar-refractivity contribution is -0.147. The summed E-state index contributed by atoms with van der Waals surface area (Å²) in [6, 6.07) is 16.7. The van der Waals surface area contributed by atoms with Gasteiger partial charge in [0.15, 0.2) is 0 Å². The third kappa shape index (κ3) is 7.70. The zero-order valence-corrected chi connectivity index (χ0v) is 23.2. The molecule has 9 nitrogen and oxygen atoms in total. The maximum absolute atomic E-state index is 13.9. The molecule has 0 aliphatic heterocycles. The van der Waals surface area contributed by atoms with Gasteiger partial charge in [-0.25, -0.2) is 4.79 Å². The first-order valence-electron chi connectivity index (χ1n) is 12.7. The number of ether oxygens (including phenoxy) is 1. The molecule has 0 saturated carbocycles. The summed E-state index contributed by atoms with van der Waals surface area (Å²) in [6.07, 6.45) is -0.870. The Balaban J connectivity index is 2.02. The van der Waals surface area contributed by atoms with Gasteiger partial charge in [-0.1, -0.05) is 42.5 Å². The molecule has 0 radical (unpaired) electrons. The number of alkyl carbamates (subject to hydrolysis) is 1. The minimum atomic E-state index is -1.37. The molecule has 3 rings (SSSR count). The van der Waals surface area contributed by atoms with Gasteiger partial charge in [-0.15, -0.1) is 0 Å². The van der Waals surface area contributed by atoms with Gasteiger partial charge in [0.25, 0.3) is 5.91 Å². The number of fused-ring (bicyclic) bond motifs is 1. The molecule has 9 heteroatoms. The Bertz CT molecular complexity index is 1330. The van der Waals surface area contributed by atoms with E-state index in [1.165, 1.54) is 17.0 Å². The second kappa shape index (κ2) is 11.7. The number of nitrogens with zero attached hydrogens (tertiary/aromatic N) is 1. The molecule has 0 aromatic heterocycles. The zero-order valence-electron chi connectivity index (χ0n) is 23.2. The second-order valence-electron chi connectivity index (χ2n) is 11.3. The largest absolute Gasteiger partial charge is 0.508 e. The number of amides is 3. The summed E-state index contributed by atoms with van der Waals surface area (Å²) in [5.41, 5.74) is -0.771. The first-order chi connectivity index (χ1) is 18.2. The quantitative estimate of drug-likeness (QED) is 0.346. The molecular weight excluding hydrogens is 498 g/mol. The fourth-order valence-corrected chi connectivity index (χ4v) is 4.20. The summed E-state index contributed by atoms with van der Waals surface area (Å²) >= 11 is 0. The Labute approximate surface area is 228 Å². The van der Waals surface area contributed by atoms with Crippen LogP contribution >= 0.6 is 0 Å². The van der Waals surface area contributed by atoms with Crippen molar-refractivity contribution < 1.29 is 29.3 Å². The lowest BCUT2D eigenvalue weighted by atomic mass is 9.95. The maximum atomic E-state index is 13.9. The minimum Gasteiger partial charge on any atom is -0.508 e. The minimum absolute atomic E-state index is 0.000833. The highest BCUT2D eigenvalue weighted by Gasteiger charge is 2.41. The highest BCUT2D eigenvalue weighted by Crippen LogP contribution is 2.32. The molecule has 208 valence electrons. The van der Waals surface area contributed by atoms with E-state index >= 15 is 0 Å². The molecule has 2 atom stereocenters. The second-order valence-corrected chi connectivity index (χ2v) is 11.3. The highest BCUT2D eigenvalue weighted by atomic mass is 16.6.